The molecule has 9 heteroatoms. The van der Waals surface area contributed by atoms with E-state index in [1.165, 1.54) is 33.4 Å². The molecule has 0 aliphatic heterocycles. The van der Waals surface area contributed by atoms with E-state index in [9.17, 15) is 13.2 Å². The summed E-state index contributed by atoms with van der Waals surface area (Å²) in [4.78, 5) is 12.9. The summed E-state index contributed by atoms with van der Waals surface area (Å²) < 4.78 is 35.5. The highest BCUT2D eigenvalue weighted by Gasteiger charge is 2.24. The van der Waals surface area contributed by atoms with Crippen LogP contribution in [0.5, 0.6) is 11.5 Å². The fourth-order valence-corrected chi connectivity index (χ4v) is 3.18. The summed E-state index contributed by atoms with van der Waals surface area (Å²) in [7, 11) is 0.621. The zero-order chi connectivity index (χ0) is 20.4. The van der Waals surface area contributed by atoms with Crippen LogP contribution in [0.1, 0.15) is 15.9 Å². The van der Waals surface area contributed by atoms with Crippen LogP contribution in [0.3, 0.4) is 0 Å². The van der Waals surface area contributed by atoms with Gasteiger partial charge in [0.15, 0.2) is 11.5 Å². The first kappa shape index (κ1) is 20.9. The van der Waals surface area contributed by atoms with E-state index in [0.717, 1.165) is 16.1 Å². The van der Waals surface area contributed by atoms with Crippen LogP contribution in [-0.2, 0) is 10.0 Å². The van der Waals surface area contributed by atoms with Gasteiger partial charge in [-0.05, 0) is 36.8 Å². The predicted octanol–water partition coefficient (Wildman–Crippen LogP) is 3.31. The number of aryl methyl sites for hydroxylation is 1. The molecule has 0 aromatic heterocycles. The number of hydrogen-bond acceptors (Lipinski definition) is 5. The highest BCUT2D eigenvalue weighted by Crippen LogP contribution is 2.36. The van der Waals surface area contributed by atoms with Crippen LogP contribution in [0.4, 0.5) is 11.4 Å². The molecule has 7 nitrogen and oxygen atoms in total. The summed E-state index contributed by atoms with van der Waals surface area (Å²) in [6, 6.07) is 7.94. The smallest absolute Gasteiger partial charge is 0.257 e. The first-order valence-electron chi connectivity index (χ1n) is 7.86. The Morgan fingerprint density at radius 3 is 2.22 bits per heavy atom. The average Bonchev–Trinajstić information content (AvgIpc) is 2.61. The van der Waals surface area contributed by atoms with E-state index in [0.29, 0.717) is 22.2 Å². The zero-order valence-electron chi connectivity index (χ0n) is 15.7. The summed E-state index contributed by atoms with van der Waals surface area (Å²) in [5, 5.41) is 3.32. The van der Waals surface area contributed by atoms with Crippen LogP contribution in [0.25, 0.3) is 0 Å². The summed E-state index contributed by atoms with van der Waals surface area (Å²) in [5.74, 6) is 0.121. The number of nitrogens with one attached hydrogen (secondary N) is 1. The lowest BCUT2D eigenvalue weighted by molar-refractivity contribution is 0.102. The fourth-order valence-electron chi connectivity index (χ4n) is 2.45. The first-order valence-corrected chi connectivity index (χ1v) is 10.1. The van der Waals surface area contributed by atoms with Gasteiger partial charge in [0.25, 0.3) is 5.91 Å². The van der Waals surface area contributed by atoms with Gasteiger partial charge in [-0.25, -0.2) is 8.42 Å². The maximum absolute atomic E-state index is 12.9. The molecule has 0 heterocycles. The molecule has 2 rings (SSSR count). The van der Waals surface area contributed by atoms with Gasteiger partial charge in [0.1, 0.15) is 0 Å². The number of carbonyl (C=O) groups is 1. The third-order valence-corrected chi connectivity index (χ3v) is 5.45. The van der Waals surface area contributed by atoms with Crippen molar-refractivity contribution >= 4 is 38.9 Å². The molecular formula is C18H21ClN2O5S. The number of nitrogens with zero attached hydrogens (tertiary/aromatic N) is 1. The number of rotatable bonds is 6. The molecule has 2 aromatic rings. The number of methoxy groups -OCH3 is 2. The van der Waals surface area contributed by atoms with Crippen LogP contribution in [-0.4, -0.2) is 41.8 Å². The minimum absolute atomic E-state index is 0.120. The Kier molecular flexibility index (Phi) is 6.22. The number of carbonyl (C=O) groups excluding carboxylic acids is 1. The van der Waals surface area contributed by atoms with Crippen molar-refractivity contribution in [3.63, 3.8) is 0 Å². The van der Waals surface area contributed by atoms with Crippen molar-refractivity contribution in [2.45, 2.75) is 6.92 Å². The Bertz CT molecular complexity index is 976. The van der Waals surface area contributed by atoms with Crippen LogP contribution >= 0.6 is 11.6 Å². The average molecular weight is 413 g/mol. The minimum atomic E-state index is -3.60. The lowest BCUT2D eigenvalue weighted by atomic mass is 10.1. The van der Waals surface area contributed by atoms with Gasteiger partial charge >= 0.3 is 0 Å². The zero-order valence-corrected chi connectivity index (χ0v) is 17.2. The molecule has 0 fully saturated rings. The van der Waals surface area contributed by atoms with E-state index in [1.807, 2.05) is 0 Å². The van der Waals surface area contributed by atoms with Gasteiger partial charge in [0, 0.05) is 23.8 Å². The largest absolute Gasteiger partial charge is 0.493 e. The van der Waals surface area contributed by atoms with Gasteiger partial charge < -0.3 is 14.8 Å². The van der Waals surface area contributed by atoms with Gasteiger partial charge in [-0.3, -0.25) is 9.10 Å². The molecule has 0 aliphatic carbocycles. The molecule has 0 spiro atoms. The third kappa shape index (κ3) is 4.64. The minimum Gasteiger partial charge on any atom is -0.493 e. The molecule has 0 saturated heterocycles. The number of hydrogen-bond donors (Lipinski definition) is 1. The standard InChI is InChI=1S/C18H21ClN2O5S/c1-11-8-12(19)6-7-14(11)20-18(22)13-9-16(25-3)17(26-4)10-15(13)21(2)27(5,23)24/h6-10H,1-5H3,(H,20,22). The Labute approximate surface area is 163 Å². The number of ether oxygens (including phenoxy) is 2. The molecular weight excluding hydrogens is 392 g/mol. The topological polar surface area (TPSA) is 84.9 Å². The second-order valence-corrected chi connectivity index (χ2v) is 8.32. The molecule has 0 aliphatic rings. The maximum Gasteiger partial charge on any atom is 0.257 e. The summed E-state index contributed by atoms with van der Waals surface area (Å²) in [6.45, 7) is 1.81. The summed E-state index contributed by atoms with van der Waals surface area (Å²) in [5.41, 5.74) is 1.62. The van der Waals surface area contributed by atoms with Gasteiger partial charge in [0.05, 0.1) is 31.7 Å². The number of halogens is 1. The van der Waals surface area contributed by atoms with Crippen molar-refractivity contribution < 1.29 is 22.7 Å². The molecule has 0 bridgehead atoms. The molecule has 0 atom stereocenters. The molecule has 27 heavy (non-hydrogen) atoms. The Balaban J connectivity index is 2.56. The van der Waals surface area contributed by atoms with Gasteiger partial charge in [-0.1, -0.05) is 11.6 Å². The molecule has 0 unspecified atom stereocenters. The van der Waals surface area contributed by atoms with E-state index in [2.05, 4.69) is 5.32 Å². The number of anilines is 2. The van der Waals surface area contributed by atoms with E-state index in [-0.39, 0.29) is 11.3 Å². The predicted molar refractivity (Wildman–Crippen MR) is 107 cm³/mol. The monoisotopic (exact) mass is 412 g/mol. The Hall–Kier alpha value is -2.45. The maximum atomic E-state index is 12.9. The normalized spacial score (nSPS) is 11.0. The van der Waals surface area contributed by atoms with Crippen LogP contribution in [0.15, 0.2) is 30.3 Å². The van der Waals surface area contributed by atoms with Crippen molar-refractivity contribution in [1.29, 1.82) is 0 Å². The molecule has 0 radical (unpaired) electrons. The van der Waals surface area contributed by atoms with Crippen molar-refractivity contribution in [2.24, 2.45) is 0 Å². The quantitative estimate of drug-likeness (QED) is 0.786. The van der Waals surface area contributed by atoms with Gasteiger partial charge in [-0.15, -0.1) is 0 Å². The van der Waals surface area contributed by atoms with Gasteiger partial charge in [0.2, 0.25) is 10.0 Å². The van der Waals surface area contributed by atoms with Crippen LogP contribution < -0.4 is 19.1 Å². The molecule has 1 N–H and O–H groups in total. The molecule has 146 valence electrons. The van der Waals surface area contributed by atoms with Crippen molar-refractivity contribution in [3.05, 3.63) is 46.5 Å². The van der Waals surface area contributed by atoms with Gasteiger partial charge in [-0.2, -0.15) is 0 Å². The molecule has 0 saturated carbocycles. The van der Waals surface area contributed by atoms with E-state index in [1.54, 1.807) is 25.1 Å². The SMILES string of the molecule is COc1cc(C(=O)Nc2ccc(Cl)cc2C)c(N(C)S(C)(=O)=O)cc1OC. The number of benzene rings is 2. The second-order valence-electron chi connectivity index (χ2n) is 5.87. The second kappa shape index (κ2) is 8.06. The Morgan fingerprint density at radius 1 is 1.11 bits per heavy atom. The number of sulfonamides is 1. The molecule has 1 amide bonds. The van der Waals surface area contributed by atoms with E-state index < -0.39 is 15.9 Å². The van der Waals surface area contributed by atoms with Crippen LogP contribution in [0.2, 0.25) is 5.02 Å². The van der Waals surface area contributed by atoms with Crippen molar-refractivity contribution in [3.8, 4) is 11.5 Å². The number of amides is 1. The van der Waals surface area contributed by atoms with E-state index >= 15 is 0 Å². The van der Waals surface area contributed by atoms with Crippen molar-refractivity contribution in [2.75, 3.05) is 37.1 Å². The molecule has 2 aromatic carbocycles. The highest BCUT2D eigenvalue weighted by molar-refractivity contribution is 7.92. The lowest BCUT2D eigenvalue weighted by Crippen LogP contribution is -2.28. The van der Waals surface area contributed by atoms with Crippen LogP contribution in [0, 0.1) is 6.92 Å². The third-order valence-electron chi connectivity index (χ3n) is 4.02. The highest BCUT2D eigenvalue weighted by atomic mass is 35.5. The van der Waals surface area contributed by atoms with E-state index in [4.69, 9.17) is 21.1 Å². The summed E-state index contributed by atoms with van der Waals surface area (Å²) >= 11 is 5.94. The Morgan fingerprint density at radius 2 is 1.70 bits per heavy atom. The fraction of sp³-hybridized carbons (Fsp3) is 0.278. The van der Waals surface area contributed by atoms with Crippen molar-refractivity contribution in [1.82, 2.24) is 0 Å². The summed E-state index contributed by atoms with van der Waals surface area (Å²) in [6.07, 6.45) is 1.05. The lowest BCUT2D eigenvalue weighted by Gasteiger charge is -2.22. The first-order chi connectivity index (χ1) is 12.6.